The Bertz CT molecular complexity index is 1080. The number of methoxy groups -OCH3 is 1. The highest BCUT2D eigenvalue weighted by atomic mass is 16.5. The van der Waals surface area contributed by atoms with Gasteiger partial charge >= 0.3 is 0 Å². The summed E-state index contributed by atoms with van der Waals surface area (Å²) in [6.45, 7) is 9.17. The summed E-state index contributed by atoms with van der Waals surface area (Å²) in [5.41, 5.74) is 4.02. The van der Waals surface area contributed by atoms with Gasteiger partial charge in [0.25, 0.3) is 5.91 Å². The summed E-state index contributed by atoms with van der Waals surface area (Å²) in [6, 6.07) is 19.8. The molecule has 2 aromatic carbocycles. The Morgan fingerprint density at radius 2 is 1.73 bits per heavy atom. The second-order valence-corrected chi connectivity index (χ2v) is 8.39. The number of nitrogens with zero attached hydrogens (tertiary/aromatic N) is 4. The normalized spacial score (nSPS) is 14.2. The molecule has 1 saturated heterocycles. The first-order chi connectivity index (χ1) is 16.1. The Kier molecular flexibility index (Phi) is 7.25. The maximum Gasteiger partial charge on any atom is 0.259 e. The van der Waals surface area contributed by atoms with Crippen molar-refractivity contribution in [3.63, 3.8) is 0 Å². The van der Waals surface area contributed by atoms with E-state index in [1.165, 1.54) is 0 Å². The molecule has 2 heterocycles. The third-order valence-electron chi connectivity index (χ3n) is 6.44. The number of piperazine rings is 1. The van der Waals surface area contributed by atoms with Gasteiger partial charge in [0.2, 0.25) is 0 Å². The molecule has 6 nitrogen and oxygen atoms in total. The number of hydrogen-bond acceptors (Lipinski definition) is 5. The van der Waals surface area contributed by atoms with Crippen LogP contribution in [0.3, 0.4) is 0 Å². The molecule has 0 N–H and O–H groups in total. The molecule has 0 bridgehead atoms. The molecule has 0 aliphatic carbocycles. The minimum atomic E-state index is 0.00237. The minimum absolute atomic E-state index is 0.00237. The van der Waals surface area contributed by atoms with Gasteiger partial charge in [0.05, 0.1) is 12.8 Å². The van der Waals surface area contributed by atoms with Gasteiger partial charge in [0, 0.05) is 51.0 Å². The van der Waals surface area contributed by atoms with Crippen molar-refractivity contribution in [1.29, 1.82) is 0 Å². The summed E-state index contributed by atoms with van der Waals surface area (Å²) in [5.74, 6) is 1.60. The van der Waals surface area contributed by atoms with E-state index in [0.717, 1.165) is 60.9 Å². The number of ether oxygens (including phenoxy) is 1. The first-order valence-corrected chi connectivity index (χ1v) is 11.5. The fourth-order valence-corrected chi connectivity index (χ4v) is 4.31. The van der Waals surface area contributed by atoms with Gasteiger partial charge in [-0.15, -0.1) is 0 Å². The molecular weight excluding hydrogens is 411 g/mol. The van der Waals surface area contributed by atoms with Gasteiger partial charge in [-0.05, 0) is 55.3 Å². The van der Waals surface area contributed by atoms with Crippen molar-refractivity contribution in [2.24, 2.45) is 0 Å². The van der Waals surface area contributed by atoms with Crippen LogP contribution in [0.25, 0.3) is 0 Å². The third-order valence-corrected chi connectivity index (χ3v) is 6.44. The zero-order chi connectivity index (χ0) is 23.2. The summed E-state index contributed by atoms with van der Waals surface area (Å²) < 4.78 is 5.53. The molecule has 3 aromatic rings. The van der Waals surface area contributed by atoms with Crippen LogP contribution >= 0.6 is 0 Å². The summed E-state index contributed by atoms with van der Waals surface area (Å²) >= 11 is 0. The zero-order valence-corrected chi connectivity index (χ0v) is 19.7. The van der Waals surface area contributed by atoms with Crippen molar-refractivity contribution < 1.29 is 9.53 Å². The van der Waals surface area contributed by atoms with Crippen molar-refractivity contribution in [2.75, 3.05) is 56.2 Å². The summed E-state index contributed by atoms with van der Waals surface area (Å²) in [7, 11) is 1.72. The fraction of sp³-hybridized carbons (Fsp3) is 0.333. The lowest BCUT2D eigenvalue weighted by Gasteiger charge is -2.37. The lowest BCUT2D eigenvalue weighted by Crippen LogP contribution is -2.49. The number of amides is 1. The molecule has 1 aromatic heterocycles. The zero-order valence-electron chi connectivity index (χ0n) is 19.7. The van der Waals surface area contributed by atoms with E-state index in [4.69, 9.17) is 4.74 Å². The number of pyridine rings is 1. The number of aryl methyl sites for hydroxylation is 1. The standard InChI is InChI=1S/C27H32N4O2/c1-21-9-8-10-23(22(21)2)27(32)31(26-13-6-7-14-28-26)20-17-29-15-18-30(19-16-29)24-11-4-5-12-25(24)33-3/h4-14H,15-20H2,1-3H3/i27-1. The van der Waals surface area contributed by atoms with Crippen LogP contribution in [0, 0.1) is 13.8 Å². The molecule has 1 fully saturated rings. The number of para-hydroxylation sites is 2. The third kappa shape index (κ3) is 5.17. The van der Waals surface area contributed by atoms with Crippen LogP contribution in [0.4, 0.5) is 11.5 Å². The molecule has 0 unspecified atom stereocenters. The summed E-state index contributed by atoms with van der Waals surface area (Å²) in [4.78, 5) is 24.6. The minimum Gasteiger partial charge on any atom is -0.495 e. The largest absolute Gasteiger partial charge is 0.495 e. The van der Waals surface area contributed by atoms with E-state index in [0.29, 0.717) is 12.4 Å². The van der Waals surface area contributed by atoms with Gasteiger partial charge < -0.3 is 9.64 Å². The molecule has 1 aliphatic heterocycles. The number of carbonyl (C=O) groups excluding carboxylic acids is 1. The molecule has 172 valence electrons. The van der Waals surface area contributed by atoms with Crippen LogP contribution in [-0.2, 0) is 0 Å². The number of aromatic nitrogens is 1. The smallest absolute Gasteiger partial charge is 0.259 e. The molecule has 0 spiro atoms. The van der Waals surface area contributed by atoms with Crippen LogP contribution in [0.15, 0.2) is 66.9 Å². The fourth-order valence-electron chi connectivity index (χ4n) is 4.31. The number of benzene rings is 2. The van der Waals surface area contributed by atoms with E-state index in [-0.39, 0.29) is 5.91 Å². The number of carbonyl (C=O) groups is 1. The Hall–Kier alpha value is -3.38. The number of anilines is 2. The van der Waals surface area contributed by atoms with Crippen LogP contribution in [-0.4, -0.2) is 62.2 Å². The van der Waals surface area contributed by atoms with Gasteiger partial charge in [-0.25, -0.2) is 4.98 Å². The Morgan fingerprint density at radius 1 is 0.970 bits per heavy atom. The monoisotopic (exact) mass is 443 g/mol. The quantitative estimate of drug-likeness (QED) is 0.548. The summed E-state index contributed by atoms with van der Waals surface area (Å²) in [6.07, 6.45) is 1.74. The van der Waals surface area contributed by atoms with E-state index in [1.807, 2.05) is 73.3 Å². The highest BCUT2D eigenvalue weighted by Gasteiger charge is 2.24. The SMILES string of the molecule is COc1ccccc1N1CCN(CCN(c2ccccn2)[11C](=O)c2cccc(C)c2C)CC1. The van der Waals surface area contributed by atoms with Crippen LogP contribution in [0.1, 0.15) is 21.5 Å². The second-order valence-electron chi connectivity index (χ2n) is 8.39. The van der Waals surface area contributed by atoms with Gasteiger partial charge in [0.1, 0.15) is 11.6 Å². The van der Waals surface area contributed by atoms with Crippen molar-refractivity contribution in [1.82, 2.24) is 9.88 Å². The predicted octanol–water partition coefficient (Wildman–Crippen LogP) is 4.18. The number of hydrogen-bond donors (Lipinski definition) is 0. The molecule has 33 heavy (non-hydrogen) atoms. The Labute approximate surface area is 196 Å². The average Bonchev–Trinajstić information content (AvgIpc) is 2.86. The lowest BCUT2D eigenvalue weighted by molar-refractivity contribution is 0.0981. The van der Waals surface area contributed by atoms with Gasteiger partial charge in [-0.1, -0.05) is 30.3 Å². The molecular formula is C27H32N4O2. The van der Waals surface area contributed by atoms with Crippen LogP contribution < -0.4 is 14.5 Å². The average molecular weight is 444 g/mol. The second kappa shape index (κ2) is 10.5. The molecule has 0 radical (unpaired) electrons. The summed E-state index contributed by atoms with van der Waals surface area (Å²) in [5, 5.41) is 0. The molecule has 4 rings (SSSR count). The van der Waals surface area contributed by atoms with Crippen LogP contribution in [0.2, 0.25) is 0 Å². The predicted molar refractivity (Wildman–Crippen MR) is 133 cm³/mol. The maximum absolute atomic E-state index is 13.5. The van der Waals surface area contributed by atoms with Crippen LogP contribution in [0.5, 0.6) is 5.75 Å². The van der Waals surface area contributed by atoms with Crippen molar-refractivity contribution >= 4 is 17.4 Å². The maximum atomic E-state index is 13.5. The molecule has 1 amide bonds. The Balaban J connectivity index is 1.44. The topological polar surface area (TPSA) is 48.9 Å². The first kappa shape index (κ1) is 22.8. The highest BCUT2D eigenvalue weighted by Crippen LogP contribution is 2.28. The molecule has 0 saturated carbocycles. The van der Waals surface area contributed by atoms with Gasteiger partial charge in [-0.3, -0.25) is 14.6 Å². The van der Waals surface area contributed by atoms with E-state index in [2.05, 4.69) is 20.9 Å². The van der Waals surface area contributed by atoms with Crippen molar-refractivity contribution in [3.05, 3.63) is 83.6 Å². The highest BCUT2D eigenvalue weighted by molar-refractivity contribution is 6.06. The van der Waals surface area contributed by atoms with E-state index < -0.39 is 0 Å². The van der Waals surface area contributed by atoms with E-state index in [9.17, 15) is 4.79 Å². The van der Waals surface area contributed by atoms with Crippen molar-refractivity contribution in [2.45, 2.75) is 13.8 Å². The Morgan fingerprint density at radius 3 is 2.45 bits per heavy atom. The number of rotatable bonds is 7. The first-order valence-electron chi connectivity index (χ1n) is 11.5. The van der Waals surface area contributed by atoms with E-state index >= 15 is 0 Å². The van der Waals surface area contributed by atoms with E-state index in [1.54, 1.807) is 13.3 Å². The van der Waals surface area contributed by atoms with Gasteiger partial charge in [-0.2, -0.15) is 0 Å². The van der Waals surface area contributed by atoms with Gasteiger partial charge in [0.15, 0.2) is 0 Å². The lowest BCUT2D eigenvalue weighted by atomic mass is 9.81. The molecule has 0 atom stereocenters. The van der Waals surface area contributed by atoms with Crippen molar-refractivity contribution in [3.8, 4) is 5.75 Å². The molecule has 1 aliphatic rings. The molecule has 6 heteroatoms.